The van der Waals surface area contributed by atoms with Gasteiger partial charge in [0, 0.05) is 41.8 Å². The summed E-state index contributed by atoms with van der Waals surface area (Å²) in [4.78, 5) is 13.9. The minimum Gasteiger partial charge on any atom is -0.457 e. The molecule has 6 nitrogen and oxygen atoms in total. The first-order valence-corrected chi connectivity index (χ1v) is 9.87. The number of benzene rings is 3. The summed E-state index contributed by atoms with van der Waals surface area (Å²) < 4.78 is 33.6. The van der Waals surface area contributed by atoms with Crippen LogP contribution in [0.4, 0.5) is 11.4 Å². The molecule has 138 valence electrons. The standard InChI is InChI=1S/C20H18N2O4S/c1-22(2)18-7-3-6-16-15(18)5-4-8-19(16)27(24,25)21-14-10-9-13-12-26-20(23)17(13)11-14/h3-11,21H,12H2,1-2H3. The summed E-state index contributed by atoms with van der Waals surface area (Å²) in [5.41, 5.74) is 2.41. The van der Waals surface area contributed by atoms with Crippen molar-refractivity contribution in [2.45, 2.75) is 11.5 Å². The van der Waals surface area contributed by atoms with Crippen molar-refractivity contribution in [3.8, 4) is 0 Å². The van der Waals surface area contributed by atoms with Crippen LogP contribution in [0.2, 0.25) is 0 Å². The molecule has 0 amide bonds. The fraction of sp³-hybridized carbons (Fsp3) is 0.150. The average Bonchev–Trinajstić information content (AvgIpc) is 3.00. The van der Waals surface area contributed by atoms with Crippen LogP contribution >= 0.6 is 0 Å². The predicted molar refractivity (Wildman–Crippen MR) is 105 cm³/mol. The minimum absolute atomic E-state index is 0.187. The van der Waals surface area contributed by atoms with Crippen LogP contribution in [-0.2, 0) is 21.4 Å². The molecule has 4 rings (SSSR count). The lowest BCUT2D eigenvalue weighted by Gasteiger charge is -2.17. The first kappa shape index (κ1) is 17.4. The lowest BCUT2D eigenvalue weighted by atomic mass is 10.1. The number of hydrogen-bond acceptors (Lipinski definition) is 5. The Morgan fingerprint density at radius 2 is 1.74 bits per heavy atom. The number of rotatable bonds is 4. The molecule has 0 aliphatic carbocycles. The maximum atomic E-state index is 13.0. The van der Waals surface area contributed by atoms with E-state index in [0.717, 1.165) is 16.6 Å². The van der Waals surface area contributed by atoms with Gasteiger partial charge in [-0.1, -0.05) is 30.3 Å². The van der Waals surface area contributed by atoms with Crippen LogP contribution in [0.15, 0.2) is 59.5 Å². The number of hydrogen-bond donors (Lipinski definition) is 1. The smallest absolute Gasteiger partial charge is 0.338 e. The Morgan fingerprint density at radius 1 is 1.00 bits per heavy atom. The number of ether oxygens (including phenoxy) is 1. The second-order valence-electron chi connectivity index (χ2n) is 6.58. The molecule has 0 unspecified atom stereocenters. The van der Waals surface area contributed by atoms with Gasteiger partial charge < -0.3 is 9.64 Å². The van der Waals surface area contributed by atoms with Gasteiger partial charge in [0.25, 0.3) is 10.0 Å². The molecule has 0 radical (unpaired) electrons. The largest absolute Gasteiger partial charge is 0.457 e. The van der Waals surface area contributed by atoms with Crippen molar-refractivity contribution in [3.63, 3.8) is 0 Å². The van der Waals surface area contributed by atoms with Gasteiger partial charge in [0.1, 0.15) is 6.61 Å². The summed E-state index contributed by atoms with van der Waals surface area (Å²) in [5, 5.41) is 1.49. The third-order valence-electron chi connectivity index (χ3n) is 4.57. The maximum absolute atomic E-state index is 13.0. The van der Waals surface area contributed by atoms with Gasteiger partial charge in [0.15, 0.2) is 0 Å². The van der Waals surface area contributed by atoms with E-state index in [1.165, 1.54) is 6.07 Å². The Hall–Kier alpha value is -3.06. The molecule has 0 atom stereocenters. The summed E-state index contributed by atoms with van der Waals surface area (Å²) in [6, 6.07) is 15.6. The van der Waals surface area contributed by atoms with E-state index in [9.17, 15) is 13.2 Å². The van der Waals surface area contributed by atoms with Gasteiger partial charge in [-0.15, -0.1) is 0 Å². The normalized spacial score (nSPS) is 13.3. The molecule has 0 spiro atoms. The average molecular weight is 382 g/mol. The number of esters is 1. The van der Waals surface area contributed by atoms with Crippen molar-refractivity contribution < 1.29 is 17.9 Å². The minimum atomic E-state index is -3.84. The summed E-state index contributed by atoms with van der Waals surface area (Å²) in [6.45, 7) is 0.220. The fourth-order valence-electron chi connectivity index (χ4n) is 3.28. The number of anilines is 2. The summed E-state index contributed by atoms with van der Waals surface area (Å²) in [7, 11) is -0.00891. The molecule has 0 bridgehead atoms. The van der Waals surface area contributed by atoms with Crippen LogP contribution in [0.1, 0.15) is 15.9 Å². The van der Waals surface area contributed by atoms with Crippen molar-refractivity contribution in [2.75, 3.05) is 23.7 Å². The van der Waals surface area contributed by atoms with E-state index >= 15 is 0 Å². The van der Waals surface area contributed by atoms with E-state index in [1.807, 2.05) is 37.2 Å². The van der Waals surface area contributed by atoms with Crippen LogP contribution in [-0.4, -0.2) is 28.5 Å². The summed E-state index contributed by atoms with van der Waals surface area (Å²) in [5.74, 6) is -0.438. The van der Waals surface area contributed by atoms with Gasteiger partial charge in [0.05, 0.1) is 10.5 Å². The second kappa shape index (κ2) is 6.28. The van der Waals surface area contributed by atoms with Gasteiger partial charge in [-0.25, -0.2) is 13.2 Å². The zero-order valence-electron chi connectivity index (χ0n) is 14.9. The Morgan fingerprint density at radius 3 is 2.52 bits per heavy atom. The van der Waals surface area contributed by atoms with Crippen molar-refractivity contribution in [1.29, 1.82) is 0 Å². The van der Waals surface area contributed by atoms with Gasteiger partial charge >= 0.3 is 5.97 Å². The Bertz CT molecular complexity index is 1170. The van der Waals surface area contributed by atoms with E-state index in [-0.39, 0.29) is 11.5 Å². The summed E-state index contributed by atoms with van der Waals surface area (Å²) >= 11 is 0. The molecule has 0 fully saturated rings. The van der Waals surface area contributed by atoms with E-state index in [4.69, 9.17) is 4.74 Å². The zero-order chi connectivity index (χ0) is 19.2. The topological polar surface area (TPSA) is 75.7 Å². The Kier molecular flexibility index (Phi) is 4.04. The van der Waals surface area contributed by atoms with E-state index < -0.39 is 16.0 Å². The molecule has 3 aromatic carbocycles. The SMILES string of the molecule is CN(C)c1cccc2c(S(=O)(=O)Nc3ccc4c(c3)C(=O)OC4)cccc12. The van der Waals surface area contributed by atoms with E-state index in [1.54, 1.807) is 30.3 Å². The van der Waals surface area contributed by atoms with Gasteiger partial charge in [-0.05, 0) is 24.3 Å². The van der Waals surface area contributed by atoms with Crippen LogP contribution in [0.3, 0.4) is 0 Å². The molecule has 1 aliphatic heterocycles. The fourth-order valence-corrected chi connectivity index (χ4v) is 4.55. The zero-order valence-corrected chi connectivity index (χ0v) is 15.7. The Labute approximate surface area is 157 Å². The molecule has 0 saturated heterocycles. The summed E-state index contributed by atoms with van der Waals surface area (Å²) in [6.07, 6.45) is 0. The van der Waals surface area contributed by atoms with E-state index in [0.29, 0.717) is 16.6 Å². The van der Waals surface area contributed by atoms with E-state index in [2.05, 4.69) is 4.72 Å². The quantitative estimate of drug-likeness (QED) is 0.700. The van der Waals surface area contributed by atoms with Crippen LogP contribution < -0.4 is 9.62 Å². The van der Waals surface area contributed by atoms with Crippen molar-refractivity contribution in [1.82, 2.24) is 0 Å². The number of fused-ring (bicyclic) bond motifs is 2. The first-order valence-electron chi connectivity index (χ1n) is 8.39. The van der Waals surface area contributed by atoms with Crippen LogP contribution in [0, 0.1) is 0 Å². The third kappa shape index (κ3) is 3.00. The predicted octanol–water partition coefficient (Wildman–Crippen LogP) is 3.38. The monoisotopic (exact) mass is 382 g/mol. The number of nitrogens with one attached hydrogen (secondary N) is 1. The number of carbonyl (C=O) groups excluding carboxylic acids is 1. The van der Waals surface area contributed by atoms with Gasteiger partial charge in [-0.3, -0.25) is 4.72 Å². The molecule has 1 N–H and O–H groups in total. The number of nitrogens with zero attached hydrogens (tertiary/aromatic N) is 1. The first-order chi connectivity index (χ1) is 12.9. The van der Waals surface area contributed by atoms with Gasteiger partial charge in [-0.2, -0.15) is 0 Å². The number of sulfonamides is 1. The highest BCUT2D eigenvalue weighted by Gasteiger charge is 2.23. The highest BCUT2D eigenvalue weighted by atomic mass is 32.2. The molecule has 3 aromatic rings. The van der Waals surface area contributed by atoms with Crippen LogP contribution in [0.25, 0.3) is 10.8 Å². The molecular weight excluding hydrogens is 364 g/mol. The molecule has 1 heterocycles. The van der Waals surface area contributed by atoms with Gasteiger partial charge in [0.2, 0.25) is 0 Å². The van der Waals surface area contributed by atoms with Crippen molar-refractivity contribution in [2.24, 2.45) is 0 Å². The molecule has 7 heteroatoms. The molecular formula is C20H18N2O4S. The Balaban J connectivity index is 1.78. The maximum Gasteiger partial charge on any atom is 0.338 e. The number of carbonyl (C=O) groups is 1. The molecule has 0 saturated carbocycles. The number of cyclic esters (lactones) is 1. The molecule has 27 heavy (non-hydrogen) atoms. The highest BCUT2D eigenvalue weighted by molar-refractivity contribution is 7.93. The molecule has 1 aliphatic rings. The molecule has 0 aromatic heterocycles. The van der Waals surface area contributed by atoms with Crippen LogP contribution in [0.5, 0.6) is 0 Å². The third-order valence-corrected chi connectivity index (χ3v) is 6.01. The second-order valence-corrected chi connectivity index (χ2v) is 8.23. The lowest BCUT2D eigenvalue weighted by molar-refractivity contribution is 0.0535. The van der Waals surface area contributed by atoms with Crippen molar-refractivity contribution >= 4 is 38.1 Å². The lowest BCUT2D eigenvalue weighted by Crippen LogP contribution is -2.14. The highest BCUT2D eigenvalue weighted by Crippen LogP contribution is 2.31. The van der Waals surface area contributed by atoms with Crippen molar-refractivity contribution in [3.05, 3.63) is 65.7 Å².